The molecule has 9 nitrogen and oxygen atoms in total. The maximum atomic E-state index is 12.4. The fraction of sp³-hybridized carbons (Fsp3) is 0.400. The summed E-state index contributed by atoms with van der Waals surface area (Å²) in [5.41, 5.74) is 5.97. The number of nitrogens with two attached hydrogens (primary N) is 1. The maximum absolute atomic E-state index is 12.4. The fourth-order valence-corrected chi connectivity index (χ4v) is 3.84. The molecular formula is C20H23N5O4. The molecule has 3 aromatic rings. The van der Waals surface area contributed by atoms with Crippen LogP contribution in [0.2, 0.25) is 0 Å². The van der Waals surface area contributed by atoms with Crippen LogP contribution >= 0.6 is 0 Å². The Bertz CT molecular complexity index is 1080. The molecule has 4 heterocycles. The molecule has 1 aliphatic heterocycles. The zero-order valence-electron chi connectivity index (χ0n) is 16.0. The van der Waals surface area contributed by atoms with Crippen molar-refractivity contribution in [2.45, 2.75) is 38.1 Å². The van der Waals surface area contributed by atoms with Gasteiger partial charge in [0.05, 0.1) is 18.7 Å². The van der Waals surface area contributed by atoms with Crippen LogP contribution in [0.5, 0.6) is 5.75 Å². The number of aromatic hydroxyl groups is 1. The molecule has 0 saturated carbocycles. The average molecular weight is 397 g/mol. The summed E-state index contributed by atoms with van der Waals surface area (Å²) in [7, 11) is 0. The van der Waals surface area contributed by atoms with E-state index < -0.39 is 23.0 Å². The zero-order valence-corrected chi connectivity index (χ0v) is 16.0. The Morgan fingerprint density at radius 1 is 1.31 bits per heavy atom. The molecular weight excluding hydrogens is 374 g/mol. The summed E-state index contributed by atoms with van der Waals surface area (Å²) in [5.74, 6) is -1.41. The first-order valence-electron chi connectivity index (χ1n) is 9.67. The van der Waals surface area contributed by atoms with Gasteiger partial charge in [-0.2, -0.15) is 5.10 Å². The molecule has 1 amide bonds. The van der Waals surface area contributed by atoms with Crippen LogP contribution in [0.1, 0.15) is 48.7 Å². The second-order valence-corrected chi connectivity index (χ2v) is 7.34. The molecule has 1 atom stereocenters. The molecule has 1 fully saturated rings. The van der Waals surface area contributed by atoms with Gasteiger partial charge < -0.3 is 15.3 Å². The van der Waals surface area contributed by atoms with Gasteiger partial charge in [0.15, 0.2) is 11.4 Å². The highest BCUT2D eigenvalue weighted by Gasteiger charge is 2.28. The van der Waals surface area contributed by atoms with E-state index in [-0.39, 0.29) is 12.2 Å². The smallest absolute Gasteiger partial charge is 0.227 e. The largest absolute Gasteiger partial charge is 0.502 e. The summed E-state index contributed by atoms with van der Waals surface area (Å²) in [4.78, 5) is 30.7. The van der Waals surface area contributed by atoms with E-state index >= 15 is 0 Å². The van der Waals surface area contributed by atoms with Crippen LogP contribution in [0.15, 0.2) is 39.9 Å². The van der Waals surface area contributed by atoms with Gasteiger partial charge in [-0.1, -0.05) is 6.42 Å². The van der Waals surface area contributed by atoms with E-state index in [4.69, 9.17) is 10.2 Å². The summed E-state index contributed by atoms with van der Waals surface area (Å²) >= 11 is 0. The van der Waals surface area contributed by atoms with Gasteiger partial charge in [-0.15, -0.1) is 0 Å². The molecule has 3 aromatic heterocycles. The average Bonchev–Trinajstić information content (AvgIpc) is 3.13. The molecule has 3 N–H and O–H groups in total. The van der Waals surface area contributed by atoms with E-state index in [1.165, 1.54) is 12.5 Å². The Morgan fingerprint density at radius 2 is 2.10 bits per heavy atom. The van der Waals surface area contributed by atoms with Crippen LogP contribution in [0, 0.1) is 0 Å². The first kappa shape index (κ1) is 19.1. The third kappa shape index (κ3) is 4.00. The first-order valence-corrected chi connectivity index (χ1v) is 9.67. The maximum Gasteiger partial charge on any atom is 0.227 e. The van der Waals surface area contributed by atoms with Crippen LogP contribution in [0.4, 0.5) is 0 Å². The molecule has 0 spiro atoms. The highest BCUT2D eigenvalue weighted by molar-refractivity contribution is 5.76. The zero-order chi connectivity index (χ0) is 20.4. The predicted octanol–water partition coefficient (Wildman–Crippen LogP) is 1.38. The van der Waals surface area contributed by atoms with Crippen molar-refractivity contribution in [2.75, 3.05) is 13.1 Å². The number of fused-ring (bicyclic) bond motifs is 1. The molecule has 0 unspecified atom stereocenters. The molecule has 0 radical (unpaired) electrons. The third-order valence-corrected chi connectivity index (χ3v) is 5.23. The van der Waals surface area contributed by atoms with Gasteiger partial charge >= 0.3 is 0 Å². The molecule has 1 saturated heterocycles. The quantitative estimate of drug-likeness (QED) is 0.643. The lowest BCUT2D eigenvalue weighted by Crippen LogP contribution is -2.29. The predicted molar refractivity (Wildman–Crippen MR) is 104 cm³/mol. The van der Waals surface area contributed by atoms with E-state index in [1.54, 1.807) is 29.2 Å². The summed E-state index contributed by atoms with van der Waals surface area (Å²) in [6.07, 6.45) is 8.12. The van der Waals surface area contributed by atoms with Crippen molar-refractivity contribution >= 4 is 11.6 Å². The summed E-state index contributed by atoms with van der Waals surface area (Å²) in [6.45, 7) is 2.34. The fourth-order valence-electron chi connectivity index (χ4n) is 3.84. The normalized spacial score (nSPS) is 16.1. The number of carbonyl (C=O) groups is 1. The number of carbonyl (C=O) groups excluding carboxylic acids is 1. The van der Waals surface area contributed by atoms with Gasteiger partial charge in [0, 0.05) is 30.4 Å². The highest BCUT2D eigenvalue weighted by Crippen LogP contribution is 2.34. The number of aromatic nitrogens is 3. The number of nitrogens with zero attached hydrogens (tertiary/aromatic N) is 4. The molecule has 4 rings (SSSR count). The van der Waals surface area contributed by atoms with E-state index in [0.717, 1.165) is 25.9 Å². The Kier molecular flexibility index (Phi) is 5.30. The third-order valence-electron chi connectivity index (χ3n) is 5.23. The van der Waals surface area contributed by atoms with Crippen LogP contribution in [0.25, 0.3) is 5.65 Å². The van der Waals surface area contributed by atoms with Gasteiger partial charge in [-0.3, -0.25) is 14.5 Å². The van der Waals surface area contributed by atoms with E-state index in [0.29, 0.717) is 23.5 Å². The number of amides is 1. The minimum absolute atomic E-state index is 0.0175. The summed E-state index contributed by atoms with van der Waals surface area (Å²) < 4.78 is 7.51. The van der Waals surface area contributed by atoms with Crippen LogP contribution in [-0.4, -0.2) is 43.6 Å². The second-order valence-electron chi connectivity index (χ2n) is 7.34. The Morgan fingerprint density at radius 3 is 2.86 bits per heavy atom. The first-order chi connectivity index (χ1) is 14.0. The summed E-state index contributed by atoms with van der Waals surface area (Å²) in [5, 5.41) is 14.7. The molecule has 152 valence electrons. The number of hydrogen-bond acceptors (Lipinski definition) is 7. The molecule has 0 aliphatic carbocycles. The number of hydrogen-bond donors (Lipinski definition) is 2. The highest BCUT2D eigenvalue weighted by atomic mass is 16.4. The van der Waals surface area contributed by atoms with Gasteiger partial charge in [0.2, 0.25) is 17.1 Å². The van der Waals surface area contributed by atoms with E-state index in [1.807, 2.05) is 0 Å². The number of piperidine rings is 1. The van der Waals surface area contributed by atoms with Crippen molar-refractivity contribution in [3.05, 3.63) is 58.0 Å². The number of rotatable bonds is 6. The molecule has 1 aliphatic rings. The van der Waals surface area contributed by atoms with Gasteiger partial charge in [0.25, 0.3) is 0 Å². The van der Waals surface area contributed by atoms with Crippen molar-refractivity contribution in [3.63, 3.8) is 0 Å². The van der Waals surface area contributed by atoms with E-state index in [2.05, 4.69) is 15.0 Å². The molecule has 29 heavy (non-hydrogen) atoms. The van der Waals surface area contributed by atoms with Crippen molar-refractivity contribution in [3.8, 4) is 5.75 Å². The van der Waals surface area contributed by atoms with Crippen molar-refractivity contribution in [1.82, 2.24) is 19.5 Å². The summed E-state index contributed by atoms with van der Waals surface area (Å²) in [6, 6.07) is 3.03. The van der Waals surface area contributed by atoms with Crippen LogP contribution in [0.3, 0.4) is 0 Å². The van der Waals surface area contributed by atoms with Crippen LogP contribution in [-0.2, 0) is 11.3 Å². The topological polar surface area (TPSA) is 127 Å². The lowest BCUT2D eigenvalue weighted by Gasteiger charge is -2.26. The van der Waals surface area contributed by atoms with Gasteiger partial charge in [-0.25, -0.2) is 9.50 Å². The Balaban J connectivity index is 1.77. The van der Waals surface area contributed by atoms with E-state index in [9.17, 15) is 14.7 Å². The molecule has 9 heteroatoms. The minimum Gasteiger partial charge on any atom is -0.502 e. The van der Waals surface area contributed by atoms with Gasteiger partial charge in [0.1, 0.15) is 5.76 Å². The Hall–Kier alpha value is -3.20. The SMILES string of the molecule is NC(=O)C[C@H](c1oc(CN2CCCCC2)cc(=O)c1O)c1cnn2cccnc12. The lowest BCUT2D eigenvalue weighted by atomic mass is 9.94. The van der Waals surface area contributed by atoms with Crippen molar-refractivity contribution in [2.24, 2.45) is 5.73 Å². The second kappa shape index (κ2) is 8.04. The standard InChI is InChI=1S/C20H23N5O4/c21-17(27)10-14(15-11-23-25-8-4-5-22-20(15)25)19-18(28)16(26)9-13(29-19)12-24-6-2-1-3-7-24/h4-5,8-9,11,14,28H,1-3,6-7,10,12H2,(H2,21,27)/t14-/m0/s1. The number of primary amides is 1. The molecule has 0 bridgehead atoms. The molecule has 0 aromatic carbocycles. The van der Waals surface area contributed by atoms with Crippen molar-refractivity contribution in [1.29, 1.82) is 0 Å². The number of likely N-dealkylation sites (tertiary alicyclic amines) is 1. The van der Waals surface area contributed by atoms with Gasteiger partial charge in [-0.05, 0) is 32.0 Å². The monoisotopic (exact) mass is 397 g/mol. The van der Waals surface area contributed by atoms with Crippen molar-refractivity contribution < 1.29 is 14.3 Å². The Labute approximate surface area is 166 Å². The lowest BCUT2D eigenvalue weighted by molar-refractivity contribution is -0.118. The van der Waals surface area contributed by atoms with Crippen LogP contribution < -0.4 is 11.2 Å². The minimum atomic E-state index is -0.770.